The van der Waals surface area contributed by atoms with Gasteiger partial charge in [0.05, 0.1) is 5.69 Å². The Balaban J connectivity index is 2.87. The molecule has 80 valence electrons. The highest BCUT2D eigenvalue weighted by Crippen LogP contribution is 2.26. The van der Waals surface area contributed by atoms with Crippen LogP contribution in [0.4, 0.5) is 0 Å². The second-order valence-electron chi connectivity index (χ2n) is 3.95. The maximum atomic E-state index is 6.22. The first kappa shape index (κ1) is 11.2. The number of nitrogens with two attached hydrogens (primary N) is 1. The Morgan fingerprint density at radius 1 is 1.43 bits per heavy atom. The molecule has 0 bridgehead atoms. The number of aromatic nitrogens is 2. The molecule has 0 radical (unpaired) electrons. The van der Waals surface area contributed by atoms with Gasteiger partial charge in [-0.2, -0.15) is 5.10 Å². The van der Waals surface area contributed by atoms with Gasteiger partial charge in [-0.1, -0.05) is 26.7 Å². The van der Waals surface area contributed by atoms with Crippen LogP contribution in [0.1, 0.15) is 44.0 Å². The minimum absolute atomic E-state index is 0.138. The molecule has 0 fully saturated rings. The highest BCUT2D eigenvalue weighted by atomic mass is 15.2. The second kappa shape index (κ2) is 4.60. The molecule has 1 aromatic heterocycles. The van der Waals surface area contributed by atoms with Gasteiger partial charge < -0.3 is 5.73 Å². The van der Waals surface area contributed by atoms with E-state index in [9.17, 15) is 0 Å². The van der Waals surface area contributed by atoms with E-state index in [2.05, 4.69) is 18.9 Å². The van der Waals surface area contributed by atoms with Crippen molar-refractivity contribution in [1.82, 2.24) is 9.78 Å². The molecule has 1 rings (SSSR count). The van der Waals surface area contributed by atoms with Crippen LogP contribution in [0.15, 0.2) is 6.20 Å². The number of rotatable bonds is 4. The maximum Gasteiger partial charge on any atom is 0.0641 e. The largest absolute Gasteiger partial charge is 0.324 e. The van der Waals surface area contributed by atoms with Gasteiger partial charge >= 0.3 is 0 Å². The Bertz CT molecular complexity index is 287. The normalized spacial score (nSPS) is 13.6. The summed E-state index contributed by atoms with van der Waals surface area (Å²) in [6, 6.07) is 0.138. The molecule has 0 amide bonds. The Morgan fingerprint density at radius 3 is 2.36 bits per heavy atom. The zero-order valence-corrected chi connectivity index (χ0v) is 9.62. The summed E-state index contributed by atoms with van der Waals surface area (Å²) in [6.45, 7) is 6.41. The first-order valence-electron chi connectivity index (χ1n) is 5.35. The molecule has 1 heterocycles. The summed E-state index contributed by atoms with van der Waals surface area (Å²) in [5.74, 6) is 0.567. The van der Waals surface area contributed by atoms with E-state index in [0.29, 0.717) is 5.92 Å². The average Bonchev–Trinajstić information content (AvgIpc) is 2.47. The van der Waals surface area contributed by atoms with Crippen LogP contribution in [0.5, 0.6) is 0 Å². The van der Waals surface area contributed by atoms with Crippen LogP contribution in [0.3, 0.4) is 0 Å². The quantitative estimate of drug-likeness (QED) is 0.800. The lowest BCUT2D eigenvalue weighted by atomic mass is 9.90. The van der Waals surface area contributed by atoms with E-state index in [1.807, 2.05) is 24.9 Å². The fraction of sp³-hybridized carbons (Fsp3) is 0.727. The molecular weight excluding hydrogens is 174 g/mol. The summed E-state index contributed by atoms with van der Waals surface area (Å²) >= 11 is 0. The Labute approximate surface area is 86.3 Å². The van der Waals surface area contributed by atoms with Gasteiger partial charge in [0.1, 0.15) is 0 Å². The summed E-state index contributed by atoms with van der Waals surface area (Å²) in [6.07, 6.45) is 4.30. The van der Waals surface area contributed by atoms with Gasteiger partial charge in [0.2, 0.25) is 0 Å². The van der Waals surface area contributed by atoms with Crippen LogP contribution in [-0.4, -0.2) is 9.78 Å². The van der Waals surface area contributed by atoms with Gasteiger partial charge in [-0.15, -0.1) is 0 Å². The Kier molecular flexibility index (Phi) is 3.69. The lowest BCUT2D eigenvalue weighted by Crippen LogP contribution is -2.20. The molecule has 1 aromatic rings. The molecule has 0 saturated carbocycles. The molecule has 14 heavy (non-hydrogen) atoms. The fourth-order valence-electron chi connectivity index (χ4n) is 2.00. The summed E-state index contributed by atoms with van der Waals surface area (Å²) in [7, 11) is 1.94. The average molecular weight is 195 g/mol. The topological polar surface area (TPSA) is 43.8 Å². The van der Waals surface area contributed by atoms with E-state index in [1.165, 1.54) is 5.56 Å². The third-order valence-corrected chi connectivity index (χ3v) is 2.97. The van der Waals surface area contributed by atoms with E-state index in [1.54, 1.807) is 0 Å². The zero-order valence-electron chi connectivity index (χ0n) is 9.62. The molecule has 0 aromatic carbocycles. The standard InChI is InChI=1S/C11H21N3/c1-5-9(6-2)11(12)10-7-14(4)13-8(10)3/h7,9,11H,5-6,12H2,1-4H3. The third-order valence-electron chi connectivity index (χ3n) is 2.97. The first-order chi connectivity index (χ1) is 6.60. The third kappa shape index (κ3) is 2.15. The molecule has 0 spiro atoms. The highest BCUT2D eigenvalue weighted by molar-refractivity contribution is 5.20. The van der Waals surface area contributed by atoms with Crippen molar-refractivity contribution < 1.29 is 0 Å². The van der Waals surface area contributed by atoms with Gasteiger partial charge in [-0.05, 0) is 12.8 Å². The summed E-state index contributed by atoms with van der Waals surface area (Å²) in [4.78, 5) is 0. The number of nitrogens with zero attached hydrogens (tertiary/aromatic N) is 2. The SMILES string of the molecule is CCC(CC)C(N)c1cn(C)nc1C. The molecule has 0 aliphatic rings. The van der Waals surface area contributed by atoms with Crippen molar-refractivity contribution >= 4 is 0 Å². The number of hydrogen-bond donors (Lipinski definition) is 1. The van der Waals surface area contributed by atoms with E-state index < -0.39 is 0 Å². The monoisotopic (exact) mass is 195 g/mol. The smallest absolute Gasteiger partial charge is 0.0641 e. The van der Waals surface area contributed by atoms with Crippen molar-refractivity contribution in [2.75, 3.05) is 0 Å². The van der Waals surface area contributed by atoms with Gasteiger partial charge in [-0.25, -0.2) is 0 Å². The van der Waals surface area contributed by atoms with E-state index in [-0.39, 0.29) is 6.04 Å². The van der Waals surface area contributed by atoms with Gasteiger partial charge in [-0.3, -0.25) is 4.68 Å². The van der Waals surface area contributed by atoms with Gasteiger partial charge in [0.15, 0.2) is 0 Å². The van der Waals surface area contributed by atoms with Crippen molar-refractivity contribution in [3.8, 4) is 0 Å². The van der Waals surface area contributed by atoms with Crippen LogP contribution in [0, 0.1) is 12.8 Å². The summed E-state index contributed by atoms with van der Waals surface area (Å²) < 4.78 is 1.84. The van der Waals surface area contributed by atoms with Crippen LogP contribution in [0.2, 0.25) is 0 Å². The molecular formula is C11H21N3. The molecule has 3 nitrogen and oxygen atoms in total. The minimum atomic E-state index is 0.138. The second-order valence-corrected chi connectivity index (χ2v) is 3.95. The van der Waals surface area contributed by atoms with Crippen molar-refractivity contribution in [3.05, 3.63) is 17.5 Å². The molecule has 0 aliphatic carbocycles. The Morgan fingerprint density at radius 2 is 2.00 bits per heavy atom. The van der Waals surface area contributed by atoms with Crippen molar-refractivity contribution in [2.24, 2.45) is 18.7 Å². The molecule has 3 heteroatoms. The van der Waals surface area contributed by atoms with Gasteiger partial charge in [0, 0.05) is 24.8 Å². The first-order valence-corrected chi connectivity index (χ1v) is 5.35. The van der Waals surface area contributed by atoms with Crippen molar-refractivity contribution in [3.63, 3.8) is 0 Å². The number of aryl methyl sites for hydroxylation is 2. The summed E-state index contributed by atoms with van der Waals surface area (Å²) in [5, 5.41) is 4.32. The van der Waals surface area contributed by atoms with Crippen LogP contribution in [0.25, 0.3) is 0 Å². The van der Waals surface area contributed by atoms with Crippen LogP contribution in [-0.2, 0) is 7.05 Å². The predicted molar refractivity (Wildman–Crippen MR) is 58.9 cm³/mol. The maximum absolute atomic E-state index is 6.22. The zero-order chi connectivity index (χ0) is 10.7. The highest BCUT2D eigenvalue weighted by Gasteiger charge is 2.19. The van der Waals surface area contributed by atoms with Crippen LogP contribution < -0.4 is 5.73 Å². The number of hydrogen-bond acceptors (Lipinski definition) is 2. The molecule has 1 unspecified atom stereocenters. The van der Waals surface area contributed by atoms with Crippen LogP contribution >= 0.6 is 0 Å². The fourth-order valence-corrected chi connectivity index (χ4v) is 2.00. The van der Waals surface area contributed by atoms with E-state index in [0.717, 1.165) is 18.5 Å². The molecule has 0 saturated heterocycles. The Hall–Kier alpha value is -0.830. The van der Waals surface area contributed by atoms with E-state index in [4.69, 9.17) is 5.73 Å². The van der Waals surface area contributed by atoms with Crippen molar-refractivity contribution in [1.29, 1.82) is 0 Å². The van der Waals surface area contributed by atoms with Gasteiger partial charge in [0.25, 0.3) is 0 Å². The lowest BCUT2D eigenvalue weighted by molar-refractivity contribution is 0.404. The lowest BCUT2D eigenvalue weighted by Gasteiger charge is -2.20. The molecule has 2 N–H and O–H groups in total. The molecule has 1 atom stereocenters. The summed E-state index contributed by atoms with van der Waals surface area (Å²) in [5.41, 5.74) is 8.48. The predicted octanol–water partition coefficient (Wildman–Crippen LogP) is 2.16. The van der Waals surface area contributed by atoms with Crippen molar-refractivity contribution in [2.45, 2.75) is 39.7 Å². The molecule has 0 aliphatic heterocycles. The minimum Gasteiger partial charge on any atom is -0.324 e. The van der Waals surface area contributed by atoms with E-state index >= 15 is 0 Å².